The van der Waals surface area contributed by atoms with Gasteiger partial charge in [0.2, 0.25) is 0 Å². The summed E-state index contributed by atoms with van der Waals surface area (Å²) < 4.78 is 0. The highest BCUT2D eigenvalue weighted by Crippen LogP contribution is 2.15. The van der Waals surface area contributed by atoms with Gasteiger partial charge in [-0.2, -0.15) is 0 Å². The van der Waals surface area contributed by atoms with E-state index in [1.807, 2.05) is 19.1 Å². The minimum atomic E-state index is -0.320. The van der Waals surface area contributed by atoms with Crippen LogP contribution in [0.5, 0.6) is 0 Å². The van der Waals surface area contributed by atoms with Crippen molar-refractivity contribution >= 4 is 17.6 Å². The van der Waals surface area contributed by atoms with Gasteiger partial charge in [0.05, 0.1) is 11.3 Å². The minimum absolute atomic E-state index is 0.250. The fourth-order valence-electron chi connectivity index (χ4n) is 1.98. The minimum Gasteiger partial charge on any atom is -0.348 e. The van der Waals surface area contributed by atoms with Gasteiger partial charge in [-0.25, -0.2) is 4.79 Å². The van der Waals surface area contributed by atoms with Gasteiger partial charge in [0, 0.05) is 25.5 Å². The van der Waals surface area contributed by atoms with Crippen LogP contribution in [0.3, 0.4) is 0 Å². The number of carbonyl (C=O) groups is 2. The molecule has 0 saturated heterocycles. The van der Waals surface area contributed by atoms with Gasteiger partial charge in [0.15, 0.2) is 0 Å². The van der Waals surface area contributed by atoms with E-state index in [1.165, 1.54) is 0 Å². The number of carbonyl (C=O) groups excluding carboxylic acids is 2. The van der Waals surface area contributed by atoms with E-state index in [2.05, 4.69) is 20.9 Å². The van der Waals surface area contributed by atoms with E-state index in [1.54, 1.807) is 36.7 Å². The fourth-order valence-corrected chi connectivity index (χ4v) is 1.98. The number of urea groups is 1. The average molecular weight is 312 g/mol. The van der Waals surface area contributed by atoms with Crippen molar-refractivity contribution in [1.82, 2.24) is 15.6 Å². The molecular formula is C17H20N4O2. The van der Waals surface area contributed by atoms with Gasteiger partial charge in [-0.15, -0.1) is 0 Å². The summed E-state index contributed by atoms with van der Waals surface area (Å²) in [5.41, 5.74) is 1.81. The van der Waals surface area contributed by atoms with Crippen molar-refractivity contribution < 1.29 is 9.59 Å². The number of aromatic nitrogens is 1. The largest absolute Gasteiger partial charge is 0.348 e. The van der Waals surface area contributed by atoms with Crippen molar-refractivity contribution in [2.75, 3.05) is 11.9 Å². The number of nitrogens with zero attached hydrogens (tertiary/aromatic N) is 1. The molecule has 0 bridgehead atoms. The molecule has 0 radical (unpaired) electrons. The molecule has 1 aromatic carbocycles. The standard InChI is InChI=1S/C17H20N4O2/c1-2-9-19-17(23)21-15-8-4-3-7-14(15)16(22)20-12-13-6-5-10-18-11-13/h3-8,10-11H,2,9,12H2,1H3,(H,20,22)(H2,19,21,23). The molecule has 0 fully saturated rings. The molecule has 1 heterocycles. The first kappa shape index (κ1) is 16.5. The van der Waals surface area contributed by atoms with Crippen molar-refractivity contribution in [3.8, 4) is 0 Å². The molecule has 0 aliphatic rings. The van der Waals surface area contributed by atoms with Gasteiger partial charge < -0.3 is 16.0 Å². The number of rotatable bonds is 6. The predicted molar refractivity (Wildman–Crippen MR) is 89.2 cm³/mol. The molecule has 3 amide bonds. The van der Waals surface area contributed by atoms with Crippen molar-refractivity contribution in [3.05, 3.63) is 59.9 Å². The number of para-hydroxylation sites is 1. The second-order valence-electron chi connectivity index (χ2n) is 4.97. The van der Waals surface area contributed by atoms with Gasteiger partial charge in [-0.1, -0.05) is 25.1 Å². The van der Waals surface area contributed by atoms with Crippen LogP contribution in [0.1, 0.15) is 29.3 Å². The molecule has 2 aromatic rings. The molecule has 6 nitrogen and oxygen atoms in total. The van der Waals surface area contributed by atoms with Gasteiger partial charge >= 0.3 is 6.03 Å². The Hall–Kier alpha value is -2.89. The number of amides is 3. The number of hydrogen-bond acceptors (Lipinski definition) is 3. The molecule has 0 saturated carbocycles. The summed E-state index contributed by atoms with van der Waals surface area (Å²) in [6, 6.07) is 10.3. The maximum Gasteiger partial charge on any atom is 0.319 e. The van der Waals surface area contributed by atoms with E-state index in [0.29, 0.717) is 24.3 Å². The Morgan fingerprint density at radius 1 is 1.09 bits per heavy atom. The van der Waals surface area contributed by atoms with Crippen LogP contribution in [0.15, 0.2) is 48.8 Å². The van der Waals surface area contributed by atoms with Gasteiger partial charge in [-0.3, -0.25) is 9.78 Å². The molecule has 1 aromatic heterocycles. The highest BCUT2D eigenvalue weighted by atomic mass is 16.2. The lowest BCUT2D eigenvalue weighted by atomic mass is 10.1. The zero-order chi connectivity index (χ0) is 16.5. The van der Waals surface area contributed by atoms with E-state index < -0.39 is 0 Å². The maximum absolute atomic E-state index is 12.3. The summed E-state index contributed by atoms with van der Waals surface area (Å²) in [4.78, 5) is 28.1. The van der Waals surface area contributed by atoms with E-state index in [9.17, 15) is 9.59 Å². The highest BCUT2D eigenvalue weighted by molar-refractivity contribution is 6.03. The molecule has 120 valence electrons. The van der Waals surface area contributed by atoms with Crippen LogP contribution in [-0.2, 0) is 6.54 Å². The molecule has 0 aliphatic heterocycles. The zero-order valence-corrected chi connectivity index (χ0v) is 13.0. The Morgan fingerprint density at radius 3 is 2.65 bits per heavy atom. The van der Waals surface area contributed by atoms with Crippen LogP contribution in [-0.4, -0.2) is 23.5 Å². The van der Waals surface area contributed by atoms with Gasteiger partial charge in [-0.05, 0) is 30.2 Å². The maximum atomic E-state index is 12.3. The van der Waals surface area contributed by atoms with Crippen molar-refractivity contribution in [3.63, 3.8) is 0 Å². The third-order valence-electron chi connectivity index (χ3n) is 3.13. The fraction of sp³-hybridized carbons (Fsp3) is 0.235. The molecular weight excluding hydrogens is 292 g/mol. The Kier molecular flexibility index (Phi) is 6.11. The first-order chi connectivity index (χ1) is 11.2. The first-order valence-corrected chi connectivity index (χ1v) is 7.51. The monoisotopic (exact) mass is 312 g/mol. The highest BCUT2D eigenvalue weighted by Gasteiger charge is 2.12. The SMILES string of the molecule is CCCNC(=O)Nc1ccccc1C(=O)NCc1cccnc1. The Balaban J connectivity index is 2.01. The average Bonchev–Trinajstić information content (AvgIpc) is 2.59. The quantitative estimate of drug-likeness (QED) is 0.766. The molecule has 0 atom stereocenters. The summed E-state index contributed by atoms with van der Waals surface area (Å²) >= 11 is 0. The van der Waals surface area contributed by atoms with E-state index in [0.717, 1.165) is 12.0 Å². The van der Waals surface area contributed by atoms with Crippen molar-refractivity contribution in [1.29, 1.82) is 0 Å². The molecule has 3 N–H and O–H groups in total. The first-order valence-electron chi connectivity index (χ1n) is 7.51. The lowest BCUT2D eigenvalue weighted by Crippen LogP contribution is -2.31. The molecule has 0 spiro atoms. The Labute approximate surface area is 135 Å². The van der Waals surface area contributed by atoms with Crippen LogP contribution in [0, 0.1) is 0 Å². The van der Waals surface area contributed by atoms with Gasteiger partial charge in [0.25, 0.3) is 5.91 Å². The van der Waals surface area contributed by atoms with Gasteiger partial charge in [0.1, 0.15) is 0 Å². The Bertz CT molecular complexity index is 659. The van der Waals surface area contributed by atoms with Crippen LogP contribution in [0.4, 0.5) is 10.5 Å². The number of nitrogens with one attached hydrogen (secondary N) is 3. The molecule has 23 heavy (non-hydrogen) atoms. The predicted octanol–water partition coefficient (Wildman–Crippen LogP) is 2.54. The Morgan fingerprint density at radius 2 is 1.91 bits per heavy atom. The summed E-state index contributed by atoms with van der Waals surface area (Å²) in [5, 5.41) is 8.24. The zero-order valence-electron chi connectivity index (χ0n) is 13.0. The summed E-state index contributed by atoms with van der Waals surface area (Å²) in [6.45, 7) is 2.93. The second-order valence-corrected chi connectivity index (χ2v) is 4.97. The van der Waals surface area contributed by atoms with Crippen LogP contribution < -0.4 is 16.0 Å². The van der Waals surface area contributed by atoms with E-state index >= 15 is 0 Å². The topological polar surface area (TPSA) is 83.1 Å². The molecule has 0 unspecified atom stereocenters. The van der Waals surface area contributed by atoms with Crippen molar-refractivity contribution in [2.45, 2.75) is 19.9 Å². The van der Waals surface area contributed by atoms with Crippen molar-refractivity contribution in [2.24, 2.45) is 0 Å². The smallest absolute Gasteiger partial charge is 0.319 e. The summed E-state index contributed by atoms with van der Waals surface area (Å²) in [5.74, 6) is -0.250. The van der Waals surface area contributed by atoms with E-state index in [4.69, 9.17) is 0 Å². The number of benzene rings is 1. The molecule has 0 aliphatic carbocycles. The van der Waals surface area contributed by atoms with Crippen LogP contribution in [0.2, 0.25) is 0 Å². The van der Waals surface area contributed by atoms with Crippen LogP contribution >= 0.6 is 0 Å². The number of pyridine rings is 1. The third-order valence-corrected chi connectivity index (χ3v) is 3.13. The number of hydrogen-bond donors (Lipinski definition) is 3. The summed E-state index contributed by atoms with van der Waals surface area (Å²) in [7, 11) is 0. The lowest BCUT2D eigenvalue weighted by Gasteiger charge is -2.12. The number of anilines is 1. The third kappa shape index (κ3) is 5.10. The lowest BCUT2D eigenvalue weighted by molar-refractivity contribution is 0.0952. The van der Waals surface area contributed by atoms with Crippen LogP contribution in [0.25, 0.3) is 0 Å². The second kappa shape index (κ2) is 8.53. The molecule has 6 heteroatoms. The molecule has 2 rings (SSSR count). The van der Waals surface area contributed by atoms with E-state index in [-0.39, 0.29) is 11.9 Å². The normalized spacial score (nSPS) is 9.96. The summed E-state index contributed by atoms with van der Waals surface area (Å²) in [6.07, 6.45) is 4.22.